The Kier molecular flexibility index (Phi) is 9.44. The summed E-state index contributed by atoms with van der Waals surface area (Å²) in [6.45, 7) is 13.9. The molecule has 17 rings (SSSR count). The Morgan fingerprint density at radius 1 is 0.395 bits per heavy atom. The summed E-state index contributed by atoms with van der Waals surface area (Å²) in [6.07, 6.45) is 0. The highest BCUT2D eigenvalue weighted by Gasteiger charge is 2.45. The van der Waals surface area contributed by atoms with Gasteiger partial charge in [0.1, 0.15) is 11.2 Å². The zero-order chi connectivity index (χ0) is 54.2. The summed E-state index contributed by atoms with van der Waals surface area (Å²) >= 11 is 0. The summed E-state index contributed by atoms with van der Waals surface area (Å²) in [6, 6.07) is 87.0. The minimum absolute atomic E-state index is 0.127. The van der Waals surface area contributed by atoms with Crippen molar-refractivity contribution in [1.82, 2.24) is 4.48 Å². The Morgan fingerprint density at radius 3 is 1.58 bits per heavy atom. The second-order valence-electron chi connectivity index (χ2n) is 24.9. The lowest BCUT2D eigenvalue weighted by atomic mass is 9.45. The maximum atomic E-state index is 7.19. The predicted octanol–water partition coefficient (Wildman–Crippen LogP) is 19.9. The molecule has 13 aromatic carbocycles. The SMILES string of the molecule is CC(C)(C)c1cc(N2c3cc4cc5c6ccccc6c6ccccc6c5cc4cc3B3c4c(cc(N(c5ccccc5)c5ccccc5)cc42)-c2cc4c5ccccc5oc4c4c5c6ccccc6ccc5n3c24)cc(C(C)(C)C)c1. The topological polar surface area (TPSA) is 24.6 Å². The predicted molar refractivity (Wildman–Crippen MR) is 347 cm³/mol. The normalized spacial score (nSPS) is 13.3. The van der Waals surface area contributed by atoms with Crippen LogP contribution in [0.4, 0.5) is 34.1 Å². The molecule has 0 saturated heterocycles. The molecule has 0 amide bonds. The van der Waals surface area contributed by atoms with E-state index in [0.717, 1.165) is 55.8 Å². The molecule has 4 heterocycles. The van der Waals surface area contributed by atoms with Gasteiger partial charge in [0.2, 0.25) is 0 Å². The number of fused-ring (bicyclic) bond motifs is 20. The monoisotopic (exact) mass is 1040 g/mol. The number of nitrogens with zero attached hydrogens (tertiary/aromatic N) is 3. The van der Waals surface area contributed by atoms with Crippen LogP contribution in [0.3, 0.4) is 0 Å². The van der Waals surface area contributed by atoms with Crippen molar-refractivity contribution in [3.63, 3.8) is 0 Å². The Labute approximate surface area is 470 Å². The van der Waals surface area contributed by atoms with E-state index < -0.39 is 0 Å². The Bertz CT molecular complexity index is 5140. The minimum atomic E-state index is -0.228. The van der Waals surface area contributed by atoms with E-state index in [1.807, 2.05) is 0 Å². The second kappa shape index (κ2) is 16.5. The van der Waals surface area contributed by atoms with E-state index in [4.69, 9.17) is 4.42 Å². The molecule has 0 bridgehead atoms. The molecule has 0 saturated carbocycles. The van der Waals surface area contributed by atoms with Crippen molar-refractivity contribution in [3.8, 4) is 11.1 Å². The van der Waals surface area contributed by atoms with Crippen molar-refractivity contribution >= 4 is 150 Å². The molecule has 0 atom stereocenters. The first-order valence-corrected chi connectivity index (χ1v) is 28.6. The van der Waals surface area contributed by atoms with Crippen LogP contribution in [0.25, 0.3) is 109 Å². The van der Waals surface area contributed by atoms with E-state index in [0.29, 0.717) is 0 Å². The number of aromatic nitrogens is 1. The van der Waals surface area contributed by atoms with Gasteiger partial charge in [-0.2, -0.15) is 0 Å². The highest BCUT2D eigenvalue weighted by molar-refractivity contribution is 6.90. The molecule has 2 aromatic heterocycles. The molecular weight excluding hydrogens is 982 g/mol. The van der Waals surface area contributed by atoms with Crippen LogP contribution < -0.4 is 20.7 Å². The molecule has 0 N–H and O–H groups in total. The van der Waals surface area contributed by atoms with Crippen molar-refractivity contribution < 1.29 is 4.42 Å². The van der Waals surface area contributed by atoms with E-state index >= 15 is 0 Å². The van der Waals surface area contributed by atoms with E-state index in [-0.39, 0.29) is 17.7 Å². The average Bonchev–Trinajstić information content (AvgIpc) is 3.53. The number of furan rings is 1. The van der Waals surface area contributed by atoms with Crippen molar-refractivity contribution in [2.24, 2.45) is 0 Å². The summed E-state index contributed by atoms with van der Waals surface area (Å²) < 4.78 is 9.90. The smallest absolute Gasteiger partial charge is 0.333 e. The van der Waals surface area contributed by atoms with Crippen LogP contribution in [0.1, 0.15) is 52.7 Å². The zero-order valence-electron chi connectivity index (χ0n) is 46.3. The van der Waals surface area contributed by atoms with Gasteiger partial charge in [0.05, 0.1) is 5.39 Å². The van der Waals surface area contributed by atoms with Crippen LogP contribution in [-0.4, -0.2) is 11.3 Å². The van der Waals surface area contributed by atoms with Crippen LogP contribution >= 0.6 is 0 Å². The van der Waals surface area contributed by atoms with Gasteiger partial charge < -0.3 is 18.7 Å². The van der Waals surface area contributed by atoms with Crippen LogP contribution in [0, 0.1) is 0 Å². The molecule has 0 fully saturated rings. The zero-order valence-corrected chi connectivity index (χ0v) is 46.3. The fourth-order valence-corrected chi connectivity index (χ4v) is 14.3. The lowest BCUT2D eigenvalue weighted by Gasteiger charge is -2.42. The summed E-state index contributed by atoms with van der Waals surface area (Å²) in [5.74, 6) is 0. The molecule has 81 heavy (non-hydrogen) atoms. The maximum absolute atomic E-state index is 7.19. The molecule has 0 aliphatic carbocycles. The van der Waals surface area contributed by atoms with Gasteiger partial charge in [-0.25, -0.2) is 0 Å². The molecule has 15 aromatic rings. The Balaban J connectivity index is 1.09. The number of hydrogen-bond acceptors (Lipinski definition) is 3. The van der Waals surface area contributed by atoms with Gasteiger partial charge in [0.15, 0.2) is 0 Å². The van der Waals surface area contributed by atoms with Gasteiger partial charge in [-0.05, 0) is 177 Å². The number of anilines is 6. The molecule has 5 heteroatoms. The molecule has 384 valence electrons. The molecule has 0 unspecified atom stereocenters. The Hall–Kier alpha value is -9.58. The second-order valence-corrected chi connectivity index (χ2v) is 24.9. The standard InChI is InChI=1S/C76H56BN3O/c1-75(2,3)48-39-49(76(4,5)6)41-52(40-48)79-67-38-47-36-61-58-30-18-16-28-56(58)55-27-15-17-29-57(55)60(61)35-46(47)37-65(67)77-72-62(42-53(43-68(72)79)78(50-22-9-7-10-23-50)51-24-11-8-12-25-51)63-44-64-59-31-19-20-32-69(59)81-74(64)71-70-54-26-14-13-21-45(54)33-34-66(70)80(77)73(63)71/h7-44H,1-6H3. The van der Waals surface area contributed by atoms with Crippen molar-refractivity contribution in [2.45, 2.75) is 52.4 Å². The summed E-state index contributed by atoms with van der Waals surface area (Å²) in [4.78, 5) is 5.11. The summed E-state index contributed by atoms with van der Waals surface area (Å²) in [5.41, 5.74) is 18.3. The van der Waals surface area contributed by atoms with Crippen LogP contribution in [0.15, 0.2) is 235 Å². The molecule has 0 radical (unpaired) electrons. The molecule has 2 aliphatic rings. The largest absolute Gasteiger partial charge is 0.455 e. The Morgan fingerprint density at radius 2 is 0.951 bits per heavy atom. The van der Waals surface area contributed by atoms with E-state index in [9.17, 15) is 0 Å². The van der Waals surface area contributed by atoms with Crippen LogP contribution in [0.2, 0.25) is 0 Å². The quantitative estimate of drug-likeness (QED) is 0.0997. The third kappa shape index (κ3) is 6.61. The number of hydrogen-bond donors (Lipinski definition) is 0. The third-order valence-corrected chi connectivity index (χ3v) is 18.1. The molecule has 4 nitrogen and oxygen atoms in total. The van der Waals surface area contributed by atoms with Gasteiger partial charge in [-0.3, -0.25) is 0 Å². The average molecular weight is 1040 g/mol. The van der Waals surface area contributed by atoms with Crippen LogP contribution in [-0.2, 0) is 10.8 Å². The lowest BCUT2D eigenvalue weighted by molar-refractivity contribution is 0.569. The van der Waals surface area contributed by atoms with Gasteiger partial charge >= 0.3 is 6.85 Å². The summed E-state index contributed by atoms with van der Waals surface area (Å²) in [5, 5.41) is 17.1. The minimum Gasteiger partial charge on any atom is -0.455 e. The van der Waals surface area contributed by atoms with Gasteiger partial charge in [-0.1, -0.05) is 187 Å². The summed E-state index contributed by atoms with van der Waals surface area (Å²) in [7, 11) is 0. The third-order valence-electron chi connectivity index (χ3n) is 18.1. The van der Waals surface area contributed by atoms with Crippen molar-refractivity contribution in [2.75, 3.05) is 9.80 Å². The lowest BCUT2D eigenvalue weighted by Crippen LogP contribution is -2.56. The fraction of sp³-hybridized carbons (Fsp3) is 0.105. The molecule has 2 aliphatic heterocycles. The van der Waals surface area contributed by atoms with Gasteiger partial charge in [0, 0.05) is 66.9 Å². The van der Waals surface area contributed by atoms with Gasteiger partial charge in [-0.15, -0.1) is 0 Å². The highest BCUT2D eigenvalue weighted by Crippen LogP contribution is 2.53. The van der Waals surface area contributed by atoms with Crippen LogP contribution in [0.5, 0.6) is 0 Å². The first kappa shape index (κ1) is 46.3. The first-order valence-electron chi connectivity index (χ1n) is 28.6. The van der Waals surface area contributed by atoms with Crippen molar-refractivity contribution in [3.05, 3.63) is 242 Å². The molecule has 0 spiro atoms. The maximum Gasteiger partial charge on any atom is 0.333 e. The first-order chi connectivity index (χ1) is 39.4. The highest BCUT2D eigenvalue weighted by atomic mass is 16.3. The number of benzene rings is 13. The van der Waals surface area contributed by atoms with E-state index in [1.165, 1.54) is 109 Å². The number of para-hydroxylation sites is 3. The van der Waals surface area contributed by atoms with Gasteiger partial charge in [0.25, 0.3) is 0 Å². The van der Waals surface area contributed by atoms with Crippen molar-refractivity contribution in [1.29, 1.82) is 0 Å². The van der Waals surface area contributed by atoms with E-state index in [1.54, 1.807) is 0 Å². The van der Waals surface area contributed by atoms with E-state index in [2.05, 4.69) is 286 Å². The molecular formula is C76H56BN3O. The number of rotatable bonds is 4. The fourth-order valence-electron chi connectivity index (χ4n) is 14.3.